The lowest BCUT2D eigenvalue weighted by Gasteiger charge is -2.31. The maximum absolute atomic E-state index is 13.5. The zero-order valence-electron chi connectivity index (χ0n) is 16.5. The second-order valence-corrected chi connectivity index (χ2v) is 10.6. The van der Waals surface area contributed by atoms with Crippen LogP contribution in [-0.2, 0) is 21.0 Å². The van der Waals surface area contributed by atoms with Crippen LogP contribution in [0.5, 0.6) is 11.5 Å². The van der Waals surface area contributed by atoms with Gasteiger partial charge < -0.3 is 14.5 Å². The standard InChI is InChI=1S/C22H21F2NO4S/c1-21(14-6-7-14,15-8-9-18-19(10-15)29-22(23,24)28-18)17-11-25-20-13(12-30(2,26)27)4-3-5-16(17)20/h3-5,8-11,14,25H,6-7,12H2,1-2H3. The van der Waals surface area contributed by atoms with E-state index < -0.39 is 21.5 Å². The third-order valence-electron chi connectivity index (χ3n) is 6.17. The minimum Gasteiger partial charge on any atom is -0.395 e. The lowest BCUT2D eigenvalue weighted by molar-refractivity contribution is -0.286. The molecule has 1 aliphatic heterocycles. The smallest absolute Gasteiger partial charge is 0.395 e. The summed E-state index contributed by atoms with van der Waals surface area (Å²) in [6.07, 6.45) is 1.52. The number of aromatic amines is 1. The molecule has 1 saturated carbocycles. The number of halogens is 2. The number of alkyl halides is 2. The molecule has 1 aromatic heterocycles. The summed E-state index contributed by atoms with van der Waals surface area (Å²) in [5.41, 5.74) is 2.93. The Morgan fingerprint density at radius 2 is 1.90 bits per heavy atom. The summed E-state index contributed by atoms with van der Waals surface area (Å²) in [4.78, 5) is 3.26. The first kappa shape index (κ1) is 19.4. The summed E-state index contributed by atoms with van der Waals surface area (Å²) >= 11 is 0. The van der Waals surface area contributed by atoms with Crippen LogP contribution < -0.4 is 9.47 Å². The number of para-hydroxylation sites is 1. The molecule has 2 aromatic carbocycles. The minimum absolute atomic E-state index is 0.0243. The number of aromatic nitrogens is 1. The molecule has 30 heavy (non-hydrogen) atoms. The molecule has 8 heteroatoms. The number of ether oxygens (including phenoxy) is 2. The van der Waals surface area contributed by atoms with Gasteiger partial charge in [-0.25, -0.2) is 8.42 Å². The molecule has 0 amide bonds. The summed E-state index contributed by atoms with van der Waals surface area (Å²) in [5, 5.41) is 0.938. The van der Waals surface area contributed by atoms with Crippen molar-refractivity contribution in [2.24, 2.45) is 5.92 Å². The number of hydrogen-bond acceptors (Lipinski definition) is 4. The predicted molar refractivity (Wildman–Crippen MR) is 109 cm³/mol. The fourth-order valence-corrected chi connectivity index (χ4v) is 5.40. The van der Waals surface area contributed by atoms with Crippen LogP contribution in [0.2, 0.25) is 0 Å². The molecular weight excluding hydrogens is 412 g/mol. The van der Waals surface area contributed by atoms with Gasteiger partial charge in [-0.3, -0.25) is 0 Å². The molecule has 1 unspecified atom stereocenters. The van der Waals surface area contributed by atoms with Gasteiger partial charge in [0.15, 0.2) is 21.3 Å². The Kier molecular flexibility index (Phi) is 4.00. The molecule has 1 atom stereocenters. The third-order valence-corrected chi connectivity index (χ3v) is 7.01. The Labute approximate surface area is 172 Å². The lowest BCUT2D eigenvalue weighted by atomic mass is 9.72. The van der Waals surface area contributed by atoms with Crippen molar-refractivity contribution in [3.05, 3.63) is 59.3 Å². The van der Waals surface area contributed by atoms with Gasteiger partial charge in [0, 0.05) is 28.8 Å². The minimum atomic E-state index is -3.65. The van der Waals surface area contributed by atoms with Gasteiger partial charge >= 0.3 is 6.29 Å². The van der Waals surface area contributed by atoms with Crippen LogP contribution in [0.15, 0.2) is 42.6 Å². The highest BCUT2D eigenvalue weighted by atomic mass is 32.2. The van der Waals surface area contributed by atoms with E-state index >= 15 is 0 Å². The van der Waals surface area contributed by atoms with Crippen LogP contribution in [0.25, 0.3) is 10.9 Å². The lowest BCUT2D eigenvalue weighted by Crippen LogP contribution is -2.26. The quantitative estimate of drug-likeness (QED) is 0.631. The van der Waals surface area contributed by atoms with E-state index in [0.717, 1.165) is 34.9 Å². The van der Waals surface area contributed by atoms with E-state index in [0.29, 0.717) is 11.5 Å². The molecule has 0 bridgehead atoms. The summed E-state index contributed by atoms with van der Waals surface area (Å²) < 4.78 is 59.9. The second-order valence-electron chi connectivity index (χ2n) is 8.42. The fraction of sp³-hybridized carbons (Fsp3) is 0.364. The average molecular weight is 433 g/mol. The number of H-pyrrole nitrogens is 1. The molecule has 1 aliphatic carbocycles. The Morgan fingerprint density at radius 3 is 2.60 bits per heavy atom. The van der Waals surface area contributed by atoms with Gasteiger partial charge in [0.05, 0.1) is 5.75 Å². The van der Waals surface area contributed by atoms with Crippen molar-refractivity contribution in [3.8, 4) is 11.5 Å². The molecule has 2 heterocycles. The molecule has 1 N–H and O–H groups in total. The normalized spacial score (nSPS) is 19.7. The predicted octanol–water partition coefficient (Wildman–Crippen LogP) is 4.75. The molecule has 0 radical (unpaired) electrons. The van der Waals surface area contributed by atoms with Crippen molar-refractivity contribution < 1.29 is 26.7 Å². The summed E-state index contributed by atoms with van der Waals surface area (Å²) in [6, 6.07) is 10.6. The van der Waals surface area contributed by atoms with Crippen LogP contribution >= 0.6 is 0 Å². The van der Waals surface area contributed by atoms with Crippen molar-refractivity contribution in [2.45, 2.75) is 37.2 Å². The van der Waals surface area contributed by atoms with E-state index in [4.69, 9.17) is 0 Å². The first-order valence-electron chi connectivity index (χ1n) is 9.74. The van der Waals surface area contributed by atoms with Crippen LogP contribution in [0, 0.1) is 5.92 Å². The second kappa shape index (κ2) is 6.20. The number of benzene rings is 2. The van der Waals surface area contributed by atoms with Gasteiger partial charge in [0.25, 0.3) is 0 Å². The molecule has 0 saturated heterocycles. The van der Waals surface area contributed by atoms with Crippen molar-refractivity contribution in [1.82, 2.24) is 4.98 Å². The van der Waals surface area contributed by atoms with Crippen molar-refractivity contribution in [2.75, 3.05) is 6.26 Å². The largest absolute Gasteiger partial charge is 0.586 e. The molecule has 3 aromatic rings. The Morgan fingerprint density at radius 1 is 1.17 bits per heavy atom. The number of fused-ring (bicyclic) bond motifs is 2. The highest BCUT2D eigenvalue weighted by Crippen LogP contribution is 2.54. The Bertz CT molecular complexity index is 1260. The molecule has 158 valence electrons. The number of sulfone groups is 1. The van der Waals surface area contributed by atoms with Gasteiger partial charge in [0.2, 0.25) is 0 Å². The molecule has 5 rings (SSSR count). The monoisotopic (exact) mass is 433 g/mol. The van der Waals surface area contributed by atoms with E-state index in [1.54, 1.807) is 18.2 Å². The third kappa shape index (κ3) is 3.14. The number of rotatable bonds is 5. The first-order chi connectivity index (χ1) is 14.1. The van der Waals surface area contributed by atoms with E-state index in [2.05, 4.69) is 21.4 Å². The van der Waals surface area contributed by atoms with Gasteiger partial charge in [-0.15, -0.1) is 8.78 Å². The zero-order chi connectivity index (χ0) is 21.3. The Hall–Kier alpha value is -2.61. The highest BCUT2D eigenvalue weighted by molar-refractivity contribution is 7.89. The van der Waals surface area contributed by atoms with E-state index in [1.807, 2.05) is 18.3 Å². The van der Waals surface area contributed by atoms with Crippen LogP contribution in [0.4, 0.5) is 8.78 Å². The van der Waals surface area contributed by atoms with Crippen LogP contribution in [0.3, 0.4) is 0 Å². The van der Waals surface area contributed by atoms with Gasteiger partial charge in [-0.05, 0) is 47.6 Å². The Balaban J connectivity index is 1.64. The summed E-state index contributed by atoms with van der Waals surface area (Å²) in [5.74, 6) is 0.345. The molecule has 1 fully saturated rings. The SMILES string of the molecule is CC(c1ccc2c(c1)OC(F)(F)O2)(c1c[nH]c2c(CS(C)(=O)=O)cccc12)C1CC1. The topological polar surface area (TPSA) is 68.4 Å². The maximum Gasteiger partial charge on any atom is 0.586 e. The maximum atomic E-state index is 13.5. The van der Waals surface area contributed by atoms with Gasteiger partial charge in [-0.2, -0.15) is 0 Å². The van der Waals surface area contributed by atoms with Crippen molar-refractivity contribution in [1.29, 1.82) is 0 Å². The zero-order valence-corrected chi connectivity index (χ0v) is 17.4. The van der Waals surface area contributed by atoms with Crippen molar-refractivity contribution in [3.63, 3.8) is 0 Å². The molecule has 0 spiro atoms. The molecular formula is C22H21F2NO4S. The molecule has 2 aliphatic rings. The van der Waals surface area contributed by atoms with Crippen LogP contribution in [-0.4, -0.2) is 26.0 Å². The summed E-state index contributed by atoms with van der Waals surface area (Å²) in [6.45, 7) is 2.10. The van der Waals surface area contributed by atoms with Gasteiger partial charge in [-0.1, -0.05) is 31.2 Å². The average Bonchev–Trinajstić information content (AvgIpc) is 3.32. The summed E-state index contributed by atoms with van der Waals surface area (Å²) in [7, 11) is -3.19. The molecule has 5 nitrogen and oxygen atoms in total. The highest BCUT2D eigenvalue weighted by Gasteiger charge is 2.48. The fourth-order valence-electron chi connectivity index (χ4n) is 4.59. The van der Waals surface area contributed by atoms with Crippen molar-refractivity contribution >= 4 is 20.7 Å². The van der Waals surface area contributed by atoms with E-state index in [-0.39, 0.29) is 17.3 Å². The number of hydrogen-bond donors (Lipinski definition) is 1. The van der Waals surface area contributed by atoms with E-state index in [1.165, 1.54) is 12.3 Å². The number of nitrogens with one attached hydrogen (secondary N) is 1. The van der Waals surface area contributed by atoms with Gasteiger partial charge in [0.1, 0.15) is 0 Å². The van der Waals surface area contributed by atoms with Crippen LogP contribution in [0.1, 0.15) is 36.5 Å². The van der Waals surface area contributed by atoms with E-state index in [9.17, 15) is 17.2 Å². The first-order valence-corrected chi connectivity index (χ1v) is 11.8.